The third-order valence-corrected chi connectivity index (χ3v) is 8.68. The number of hydrogen-bond donors (Lipinski definition) is 2. The van der Waals surface area contributed by atoms with Crippen molar-refractivity contribution in [3.05, 3.63) is 0 Å². The first kappa shape index (κ1) is 21.8. The number of aliphatic hydroxyl groups is 1. The molecule has 3 rings (SSSR count). The maximum Gasteiger partial charge on any atom is 0.142 e. The largest absolute Gasteiger partial charge is 0.395 e. The Bertz CT molecular complexity index is 580. The lowest BCUT2D eigenvalue weighted by molar-refractivity contribution is -0.157. The van der Waals surface area contributed by atoms with Gasteiger partial charge in [0.15, 0.2) is 0 Å². The van der Waals surface area contributed by atoms with Crippen molar-refractivity contribution >= 4 is 12.0 Å². The van der Waals surface area contributed by atoms with Crippen LogP contribution in [0.25, 0.3) is 0 Å². The molecule has 0 amide bonds. The van der Waals surface area contributed by atoms with Gasteiger partial charge in [0.1, 0.15) is 12.4 Å². The fourth-order valence-electron chi connectivity index (χ4n) is 6.83. The summed E-state index contributed by atoms with van der Waals surface area (Å²) in [5.74, 6) is 2.10. The molecule has 0 saturated heterocycles. The molecular formula is C23H40N2O3. The second-order valence-electron chi connectivity index (χ2n) is 9.99. The van der Waals surface area contributed by atoms with Crippen LogP contribution < -0.4 is 5.73 Å². The van der Waals surface area contributed by atoms with Gasteiger partial charge in [-0.05, 0) is 74.5 Å². The van der Waals surface area contributed by atoms with Gasteiger partial charge in [-0.3, -0.25) is 4.79 Å². The fraction of sp³-hybridized carbons (Fsp3) is 0.913. The van der Waals surface area contributed by atoms with Crippen LogP contribution >= 0.6 is 0 Å². The Morgan fingerprint density at radius 2 is 2.07 bits per heavy atom. The van der Waals surface area contributed by atoms with Gasteiger partial charge in [0, 0.05) is 24.1 Å². The SMILES string of the molecule is CC[C@@H](C/C=N/OCCN)[C@@]1(C)CCC2C(CC[C@H]3C[C@@H](O)CC[C@]23C)C1=O. The molecule has 0 aromatic carbocycles. The minimum Gasteiger partial charge on any atom is -0.395 e. The first-order valence-corrected chi connectivity index (χ1v) is 11.4. The number of oxime groups is 1. The van der Waals surface area contributed by atoms with Gasteiger partial charge >= 0.3 is 0 Å². The summed E-state index contributed by atoms with van der Waals surface area (Å²) in [4.78, 5) is 18.9. The van der Waals surface area contributed by atoms with Crippen LogP contribution in [0.3, 0.4) is 0 Å². The lowest BCUT2D eigenvalue weighted by atomic mass is 9.46. The molecule has 28 heavy (non-hydrogen) atoms. The number of aliphatic hydroxyl groups excluding tert-OH is 1. The normalized spacial score (nSPS) is 42.1. The van der Waals surface area contributed by atoms with Gasteiger partial charge in [0.05, 0.1) is 6.10 Å². The summed E-state index contributed by atoms with van der Waals surface area (Å²) < 4.78 is 0. The quantitative estimate of drug-likeness (QED) is 0.391. The molecule has 3 fully saturated rings. The van der Waals surface area contributed by atoms with Crippen LogP contribution in [0.5, 0.6) is 0 Å². The molecule has 3 N–H and O–H groups in total. The zero-order valence-corrected chi connectivity index (χ0v) is 18.0. The minimum atomic E-state index is -0.257. The smallest absolute Gasteiger partial charge is 0.142 e. The highest BCUT2D eigenvalue weighted by Gasteiger charge is 2.57. The number of carbonyl (C=O) groups is 1. The molecule has 3 aliphatic rings. The van der Waals surface area contributed by atoms with Crippen molar-refractivity contribution in [2.75, 3.05) is 13.2 Å². The van der Waals surface area contributed by atoms with E-state index in [1.54, 1.807) is 0 Å². The molecule has 0 aromatic heterocycles. The highest BCUT2D eigenvalue weighted by Crippen LogP contribution is 2.61. The van der Waals surface area contributed by atoms with Crippen molar-refractivity contribution in [2.45, 2.75) is 84.7 Å². The lowest BCUT2D eigenvalue weighted by Crippen LogP contribution is -2.56. The topological polar surface area (TPSA) is 84.9 Å². The van der Waals surface area contributed by atoms with Crippen molar-refractivity contribution in [1.29, 1.82) is 0 Å². The van der Waals surface area contributed by atoms with E-state index in [0.717, 1.165) is 57.8 Å². The van der Waals surface area contributed by atoms with E-state index in [0.29, 0.717) is 36.7 Å². The zero-order valence-electron chi connectivity index (χ0n) is 18.0. The number of carbonyl (C=O) groups excluding carboxylic acids is 1. The fourth-order valence-corrected chi connectivity index (χ4v) is 6.83. The van der Waals surface area contributed by atoms with Gasteiger partial charge in [-0.15, -0.1) is 0 Å². The molecule has 0 bridgehead atoms. The highest BCUT2D eigenvalue weighted by atomic mass is 16.6. The third kappa shape index (κ3) is 3.89. The molecule has 3 aliphatic carbocycles. The minimum absolute atomic E-state index is 0.135. The standard InChI is InChI=1S/C23H40N2O3/c1-4-16(9-13-25-28-14-12-24)23(3)11-8-20-19(21(23)27)6-5-17-15-18(26)7-10-22(17,20)2/h13,16-20,26H,4-12,14-15,24H2,1-3H3/b25-13+/t16-,17-,18-,19?,20?,22-,23+/m0/s1. The lowest BCUT2D eigenvalue weighted by Gasteiger charge is -2.58. The van der Waals surface area contributed by atoms with Crippen LogP contribution in [-0.4, -0.2) is 36.4 Å². The Hall–Kier alpha value is -0.940. The molecule has 0 spiro atoms. The van der Waals surface area contributed by atoms with Gasteiger partial charge in [-0.25, -0.2) is 0 Å². The van der Waals surface area contributed by atoms with E-state index in [1.807, 2.05) is 6.21 Å². The van der Waals surface area contributed by atoms with Gasteiger partial charge in [-0.1, -0.05) is 32.3 Å². The number of Topliss-reactive ketones (excluding diaryl/α,β-unsaturated/α-hetero) is 1. The van der Waals surface area contributed by atoms with Gasteiger partial charge in [0.25, 0.3) is 0 Å². The Morgan fingerprint density at radius 3 is 2.79 bits per heavy atom. The Balaban J connectivity index is 1.72. The Labute approximate surface area is 170 Å². The summed E-state index contributed by atoms with van der Waals surface area (Å²) in [6.07, 6.45) is 10.6. The number of rotatable bonds is 7. The predicted octanol–water partition coefficient (Wildman–Crippen LogP) is 3.93. The number of nitrogens with zero attached hydrogens (tertiary/aromatic N) is 1. The molecule has 5 heteroatoms. The van der Waals surface area contributed by atoms with Crippen LogP contribution in [0.1, 0.15) is 78.6 Å². The molecule has 0 aromatic rings. The molecule has 3 saturated carbocycles. The van der Waals surface area contributed by atoms with E-state index in [4.69, 9.17) is 10.6 Å². The summed E-state index contributed by atoms with van der Waals surface area (Å²) >= 11 is 0. The van der Waals surface area contributed by atoms with E-state index in [9.17, 15) is 9.90 Å². The maximum absolute atomic E-state index is 13.8. The second kappa shape index (κ2) is 8.83. The summed E-state index contributed by atoms with van der Waals surface area (Å²) in [7, 11) is 0. The van der Waals surface area contributed by atoms with Crippen molar-refractivity contribution in [3.8, 4) is 0 Å². The summed E-state index contributed by atoms with van der Waals surface area (Å²) in [6.45, 7) is 7.69. The summed E-state index contributed by atoms with van der Waals surface area (Å²) in [6, 6.07) is 0. The Kier molecular flexibility index (Phi) is 6.86. The molecule has 7 atom stereocenters. The van der Waals surface area contributed by atoms with Crippen LogP contribution in [0.2, 0.25) is 0 Å². The summed E-state index contributed by atoms with van der Waals surface area (Å²) in [5, 5.41) is 14.2. The van der Waals surface area contributed by atoms with Crippen molar-refractivity contribution in [2.24, 2.45) is 45.4 Å². The molecule has 0 heterocycles. The van der Waals surface area contributed by atoms with Crippen molar-refractivity contribution < 1.29 is 14.7 Å². The van der Waals surface area contributed by atoms with Crippen LogP contribution in [0, 0.1) is 34.5 Å². The number of nitrogens with two attached hydrogens (primary N) is 1. The average molecular weight is 393 g/mol. The summed E-state index contributed by atoms with van der Waals surface area (Å²) in [5.41, 5.74) is 5.40. The van der Waals surface area contributed by atoms with E-state index < -0.39 is 0 Å². The van der Waals surface area contributed by atoms with Crippen LogP contribution in [-0.2, 0) is 9.63 Å². The van der Waals surface area contributed by atoms with Crippen LogP contribution in [0.4, 0.5) is 0 Å². The third-order valence-electron chi connectivity index (χ3n) is 8.68. The highest BCUT2D eigenvalue weighted by molar-refractivity contribution is 5.88. The van der Waals surface area contributed by atoms with E-state index in [2.05, 4.69) is 25.9 Å². The Morgan fingerprint density at radius 1 is 1.29 bits per heavy atom. The first-order chi connectivity index (χ1) is 13.4. The molecular weight excluding hydrogens is 352 g/mol. The predicted molar refractivity (Wildman–Crippen MR) is 112 cm³/mol. The van der Waals surface area contributed by atoms with E-state index in [1.165, 1.54) is 0 Å². The van der Waals surface area contributed by atoms with Crippen molar-refractivity contribution in [3.63, 3.8) is 0 Å². The molecule has 160 valence electrons. The van der Waals surface area contributed by atoms with E-state index >= 15 is 0 Å². The number of fused-ring (bicyclic) bond motifs is 3. The molecule has 0 aliphatic heterocycles. The first-order valence-electron chi connectivity index (χ1n) is 11.4. The van der Waals surface area contributed by atoms with Gasteiger partial charge < -0.3 is 15.7 Å². The molecule has 0 radical (unpaired) electrons. The van der Waals surface area contributed by atoms with E-state index in [-0.39, 0.29) is 22.9 Å². The zero-order chi connectivity index (χ0) is 20.4. The van der Waals surface area contributed by atoms with Gasteiger partial charge in [0.2, 0.25) is 0 Å². The number of hydrogen-bond acceptors (Lipinski definition) is 5. The molecule has 2 unspecified atom stereocenters. The van der Waals surface area contributed by atoms with Crippen molar-refractivity contribution in [1.82, 2.24) is 0 Å². The van der Waals surface area contributed by atoms with Crippen LogP contribution in [0.15, 0.2) is 5.16 Å². The molecule has 5 nitrogen and oxygen atoms in total. The average Bonchev–Trinajstić information content (AvgIpc) is 2.68. The van der Waals surface area contributed by atoms with Gasteiger partial charge in [-0.2, -0.15) is 0 Å². The number of ketones is 1. The maximum atomic E-state index is 13.8. The monoisotopic (exact) mass is 392 g/mol. The second-order valence-corrected chi connectivity index (χ2v) is 9.99.